The van der Waals surface area contributed by atoms with Gasteiger partial charge in [0.2, 0.25) is 0 Å². The number of alkyl carbamates (subject to hydrolysis) is 1. The minimum Gasteiger partial charge on any atom is -0.508 e. The molecule has 1 atom stereocenters. The van der Waals surface area contributed by atoms with E-state index in [0.717, 1.165) is 38.0 Å². The first-order valence-corrected chi connectivity index (χ1v) is 7.81. The van der Waals surface area contributed by atoms with Gasteiger partial charge in [-0.2, -0.15) is 0 Å². The molecule has 1 aromatic rings. The van der Waals surface area contributed by atoms with Gasteiger partial charge in [-0.05, 0) is 57.9 Å². The maximum absolute atomic E-state index is 11.9. The number of hydrogen-bond acceptors (Lipinski definition) is 4. The van der Waals surface area contributed by atoms with Crippen LogP contribution in [0.25, 0.3) is 0 Å². The molecule has 0 bridgehead atoms. The molecule has 0 radical (unpaired) electrons. The number of phenolic OH excluding ortho intramolecular Hbond substituents is 1. The molecule has 0 unspecified atom stereocenters. The van der Waals surface area contributed by atoms with Crippen LogP contribution in [0.4, 0.5) is 4.79 Å². The fourth-order valence-electron chi connectivity index (χ4n) is 2.70. The number of nitrogens with zero attached hydrogens (tertiary/aromatic N) is 1. The Labute approximate surface area is 132 Å². The Morgan fingerprint density at radius 3 is 2.91 bits per heavy atom. The number of benzene rings is 1. The summed E-state index contributed by atoms with van der Waals surface area (Å²) < 4.78 is 5.31. The lowest BCUT2D eigenvalue weighted by atomic mass is 10.0. The van der Waals surface area contributed by atoms with Crippen LogP contribution < -0.4 is 5.32 Å². The van der Waals surface area contributed by atoms with Crippen LogP contribution >= 0.6 is 0 Å². The Balaban J connectivity index is 1.85. The lowest BCUT2D eigenvalue weighted by Crippen LogP contribution is -2.48. The summed E-state index contributed by atoms with van der Waals surface area (Å²) in [6.07, 6.45) is 1.66. The standard InChI is InChI=1S/C17H26N2O3/c1-17(2,3)22-16(21)18-14-7-5-9-19(12-14)11-13-6-4-8-15(20)10-13/h4,6,8,10,14,20H,5,7,9,11-12H2,1-3H3,(H,18,21)/t14-/m1/s1. The summed E-state index contributed by atoms with van der Waals surface area (Å²) in [4.78, 5) is 14.1. The summed E-state index contributed by atoms with van der Waals surface area (Å²) in [6.45, 7) is 8.17. The molecule has 122 valence electrons. The molecule has 0 saturated carbocycles. The van der Waals surface area contributed by atoms with E-state index in [1.807, 2.05) is 32.9 Å². The number of piperidine rings is 1. The van der Waals surface area contributed by atoms with Crippen LogP contribution in [0.5, 0.6) is 5.75 Å². The second kappa shape index (κ2) is 7.01. The summed E-state index contributed by atoms with van der Waals surface area (Å²) in [5, 5.41) is 12.5. The first-order chi connectivity index (χ1) is 10.3. The first kappa shape index (κ1) is 16.6. The second-order valence-corrected chi connectivity index (χ2v) is 6.89. The molecule has 2 rings (SSSR count). The smallest absolute Gasteiger partial charge is 0.407 e. The minimum absolute atomic E-state index is 0.112. The van der Waals surface area contributed by atoms with Crippen molar-refractivity contribution < 1.29 is 14.6 Å². The average molecular weight is 306 g/mol. The number of ether oxygens (including phenoxy) is 1. The van der Waals surface area contributed by atoms with Crippen molar-refractivity contribution in [2.24, 2.45) is 0 Å². The monoisotopic (exact) mass is 306 g/mol. The van der Waals surface area contributed by atoms with E-state index in [9.17, 15) is 9.90 Å². The van der Waals surface area contributed by atoms with Gasteiger partial charge in [-0.1, -0.05) is 12.1 Å². The lowest BCUT2D eigenvalue weighted by Gasteiger charge is -2.33. The fraction of sp³-hybridized carbons (Fsp3) is 0.588. The van der Waals surface area contributed by atoms with E-state index in [0.29, 0.717) is 0 Å². The number of phenols is 1. The van der Waals surface area contributed by atoms with Gasteiger partial charge >= 0.3 is 6.09 Å². The maximum Gasteiger partial charge on any atom is 0.407 e. The predicted molar refractivity (Wildman–Crippen MR) is 85.8 cm³/mol. The van der Waals surface area contributed by atoms with Gasteiger partial charge in [-0.15, -0.1) is 0 Å². The topological polar surface area (TPSA) is 61.8 Å². The van der Waals surface area contributed by atoms with Gasteiger partial charge in [0, 0.05) is 19.1 Å². The molecule has 1 heterocycles. The molecule has 2 N–H and O–H groups in total. The van der Waals surface area contributed by atoms with Crippen LogP contribution in [0.15, 0.2) is 24.3 Å². The van der Waals surface area contributed by atoms with Crippen LogP contribution in [-0.2, 0) is 11.3 Å². The van der Waals surface area contributed by atoms with Gasteiger partial charge in [0.15, 0.2) is 0 Å². The molecule has 0 aliphatic carbocycles. The van der Waals surface area contributed by atoms with Gasteiger partial charge in [0.1, 0.15) is 11.4 Å². The van der Waals surface area contributed by atoms with E-state index in [1.165, 1.54) is 0 Å². The van der Waals surface area contributed by atoms with Gasteiger partial charge < -0.3 is 15.2 Å². The van der Waals surface area contributed by atoms with Gasteiger partial charge in [-0.25, -0.2) is 4.79 Å². The molecular weight excluding hydrogens is 280 g/mol. The molecule has 1 aromatic carbocycles. The number of nitrogens with one attached hydrogen (secondary N) is 1. The van der Waals surface area contributed by atoms with Gasteiger partial charge in [-0.3, -0.25) is 4.90 Å². The van der Waals surface area contributed by atoms with Gasteiger partial charge in [0.25, 0.3) is 0 Å². The van der Waals surface area contributed by atoms with Crippen LogP contribution in [0.2, 0.25) is 0 Å². The number of amides is 1. The molecule has 1 saturated heterocycles. The van der Waals surface area contributed by atoms with Crippen LogP contribution in [0.1, 0.15) is 39.2 Å². The maximum atomic E-state index is 11.9. The highest BCUT2D eigenvalue weighted by Gasteiger charge is 2.24. The predicted octanol–water partition coefficient (Wildman–Crippen LogP) is 2.88. The van der Waals surface area contributed by atoms with E-state index in [1.54, 1.807) is 12.1 Å². The number of rotatable bonds is 3. The molecule has 22 heavy (non-hydrogen) atoms. The Morgan fingerprint density at radius 2 is 2.23 bits per heavy atom. The summed E-state index contributed by atoms with van der Waals surface area (Å²) in [5.41, 5.74) is 0.609. The highest BCUT2D eigenvalue weighted by atomic mass is 16.6. The molecule has 0 aromatic heterocycles. The zero-order valence-corrected chi connectivity index (χ0v) is 13.6. The molecule has 0 spiro atoms. The van der Waals surface area contributed by atoms with E-state index < -0.39 is 5.60 Å². The van der Waals surface area contributed by atoms with Crippen molar-refractivity contribution in [2.45, 2.75) is 51.8 Å². The van der Waals surface area contributed by atoms with Crippen molar-refractivity contribution in [3.63, 3.8) is 0 Å². The molecule has 5 nitrogen and oxygen atoms in total. The number of carbonyl (C=O) groups is 1. The van der Waals surface area contributed by atoms with E-state index in [-0.39, 0.29) is 17.9 Å². The second-order valence-electron chi connectivity index (χ2n) is 6.89. The highest BCUT2D eigenvalue weighted by molar-refractivity contribution is 5.68. The molecule has 1 fully saturated rings. The number of carbonyl (C=O) groups excluding carboxylic acids is 1. The van der Waals surface area contributed by atoms with Crippen molar-refractivity contribution in [1.29, 1.82) is 0 Å². The van der Waals surface area contributed by atoms with Crippen LogP contribution in [-0.4, -0.2) is 40.8 Å². The molecule has 1 aliphatic heterocycles. The van der Waals surface area contributed by atoms with E-state index >= 15 is 0 Å². The SMILES string of the molecule is CC(C)(C)OC(=O)N[C@@H]1CCCN(Cc2cccc(O)c2)C1. The Morgan fingerprint density at radius 1 is 1.45 bits per heavy atom. The zero-order chi connectivity index (χ0) is 16.2. The Bertz CT molecular complexity index is 511. The summed E-state index contributed by atoms with van der Waals surface area (Å²) >= 11 is 0. The quantitative estimate of drug-likeness (QED) is 0.901. The summed E-state index contributed by atoms with van der Waals surface area (Å²) in [7, 11) is 0. The van der Waals surface area contributed by atoms with E-state index in [2.05, 4.69) is 10.2 Å². The third-order valence-corrected chi connectivity index (χ3v) is 3.54. The summed E-state index contributed by atoms with van der Waals surface area (Å²) in [6, 6.07) is 7.42. The van der Waals surface area contributed by atoms with Crippen molar-refractivity contribution in [3.8, 4) is 5.75 Å². The number of hydrogen-bond donors (Lipinski definition) is 2. The van der Waals surface area contributed by atoms with Gasteiger partial charge in [0.05, 0.1) is 0 Å². The van der Waals surface area contributed by atoms with Crippen LogP contribution in [0, 0.1) is 0 Å². The number of aromatic hydroxyl groups is 1. The Hall–Kier alpha value is -1.75. The third kappa shape index (κ3) is 5.56. The molecule has 1 aliphatic rings. The fourth-order valence-corrected chi connectivity index (χ4v) is 2.70. The lowest BCUT2D eigenvalue weighted by molar-refractivity contribution is 0.0470. The number of likely N-dealkylation sites (tertiary alicyclic amines) is 1. The van der Waals surface area contributed by atoms with Crippen molar-refractivity contribution >= 4 is 6.09 Å². The summed E-state index contributed by atoms with van der Waals surface area (Å²) in [5.74, 6) is 0.290. The molecule has 5 heteroatoms. The highest BCUT2D eigenvalue weighted by Crippen LogP contribution is 2.17. The van der Waals surface area contributed by atoms with Crippen LogP contribution in [0.3, 0.4) is 0 Å². The largest absolute Gasteiger partial charge is 0.508 e. The normalized spacial score (nSPS) is 19.7. The Kier molecular flexibility index (Phi) is 5.29. The first-order valence-electron chi connectivity index (χ1n) is 7.81. The van der Waals surface area contributed by atoms with Crippen molar-refractivity contribution in [3.05, 3.63) is 29.8 Å². The van der Waals surface area contributed by atoms with Crippen molar-refractivity contribution in [2.75, 3.05) is 13.1 Å². The molecule has 1 amide bonds. The third-order valence-electron chi connectivity index (χ3n) is 3.54. The van der Waals surface area contributed by atoms with Crippen molar-refractivity contribution in [1.82, 2.24) is 10.2 Å². The average Bonchev–Trinajstić information content (AvgIpc) is 2.36. The van der Waals surface area contributed by atoms with E-state index in [4.69, 9.17) is 4.74 Å². The zero-order valence-electron chi connectivity index (χ0n) is 13.6. The minimum atomic E-state index is -0.472. The molecular formula is C17H26N2O3.